The van der Waals surface area contributed by atoms with Crippen LogP contribution in [-0.4, -0.2) is 18.5 Å². The second kappa shape index (κ2) is 4.63. The molecule has 1 N–H and O–H groups in total. The zero-order valence-corrected chi connectivity index (χ0v) is 10.9. The number of nitrogens with zero attached hydrogens (tertiary/aromatic N) is 1. The Balaban J connectivity index is 1.73. The minimum absolute atomic E-state index is 0.252. The van der Waals surface area contributed by atoms with E-state index in [0.717, 1.165) is 30.3 Å². The van der Waals surface area contributed by atoms with E-state index in [9.17, 15) is 4.79 Å². The van der Waals surface area contributed by atoms with E-state index >= 15 is 0 Å². The lowest BCUT2D eigenvalue weighted by Gasteiger charge is -2.19. The average Bonchev–Trinajstić information content (AvgIpc) is 3.13. The summed E-state index contributed by atoms with van der Waals surface area (Å²) in [5.41, 5.74) is 2.16. The summed E-state index contributed by atoms with van der Waals surface area (Å²) in [6.07, 6.45) is 4.36. The Hall–Kier alpha value is -1.51. The number of rotatable bonds is 4. The van der Waals surface area contributed by atoms with Crippen molar-refractivity contribution in [3.63, 3.8) is 0 Å². The molecule has 1 aliphatic heterocycles. The van der Waals surface area contributed by atoms with Crippen molar-refractivity contribution >= 4 is 17.3 Å². The van der Waals surface area contributed by atoms with Crippen LogP contribution in [0, 0.1) is 5.92 Å². The molecule has 1 aromatic carbocycles. The number of benzene rings is 1. The lowest BCUT2D eigenvalue weighted by atomic mass is 10.2. The predicted molar refractivity (Wildman–Crippen MR) is 73.8 cm³/mol. The minimum Gasteiger partial charge on any atom is -0.382 e. The number of carbonyl (C=O) groups excluding carboxylic acids is 1. The summed E-state index contributed by atoms with van der Waals surface area (Å²) in [6, 6.07) is 8.78. The molecule has 1 aliphatic carbocycles. The molecule has 96 valence electrons. The third kappa shape index (κ3) is 2.35. The van der Waals surface area contributed by atoms with Crippen molar-refractivity contribution in [2.45, 2.75) is 38.6 Å². The van der Waals surface area contributed by atoms with E-state index in [1.165, 1.54) is 12.8 Å². The van der Waals surface area contributed by atoms with Gasteiger partial charge in [0.25, 0.3) is 0 Å². The number of carbonyl (C=O) groups is 1. The van der Waals surface area contributed by atoms with Gasteiger partial charge in [0.05, 0.1) is 0 Å². The molecule has 0 spiro atoms. The van der Waals surface area contributed by atoms with Gasteiger partial charge in [-0.25, -0.2) is 0 Å². The van der Waals surface area contributed by atoms with Gasteiger partial charge in [-0.1, -0.05) is 6.07 Å². The van der Waals surface area contributed by atoms with Crippen molar-refractivity contribution < 1.29 is 4.79 Å². The summed E-state index contributed by atoms with van der Waals surface area (Å²) in [5.74, 6) is 1.09. The molecule has 2 aliphatic rings. The van der Waals surface area contributed by atoms with E-state index in [0.29, 0.717) is 12.5 Å². The zero-order valence-electron chi connectivity index (χ0n) is 10.9. The Morgan fingerprint density at radius 3 is 2.89 bits per heavy atom. The second-order valence-corrected chi connectivity index (χ2v) is 5.47. The highest BCUT2D eigenvalue weighted by Gasteiger charge is 2.28. The molecule has 3 heteroatoms. The number of amides is 1. The molecule has 2 fully saturated rings. The highest BCUT2D eigenvalue weighted by Crippen LogP contribution is 2.34. The summed E-state index contributed by atoms with van der Waals surface area (Å²) < 4.78 is 0. The lowest BCUT2D eigenvalue weighted by Crippen LogP contribution is -2.24. The normalized spacial score (nSPS) is 21.2. The van der Waals surface area contributed by atoms with Gasteiger partial charge >= 0.3 is 0 Å². The van der Waals surface area contributed by atoms with E-state index in [2.05, 4.69) is 24.4 Å². The fraction of sp³-hybridized carbons (Fsp3) is 0.533. The first-order chi connectivity index (χ1) is 8.74. The molecule has 3 nitrogen and oxygen atoms in total. The summed E-state index contributed by atoms with van der Waals surface area (Å²) in [7, 11) is 0. The first-order valence-corrected chi connectivity index (χ1v) is 6.91. The summed E-state index contributed by atoms with van der Waals surface area (Å²) in [6.45, 7) is 3.10. The van der Waals surface area contributed by atoms with Gasteiger partial charge in [-0.15, -0.1) is 0 Å². The zero-order chi connectivity index (χ0) is 12.5. The molecule has 0 aromatic heterocycles. The summed E-state index contributed by atoms with van der Waals surface area (Å²) >= 11 is 0. The van der Waals surface area contributed by atoms with Crippen LogP contribution < -0.4 is 10.2 Å². The fourth-order valence-corrected chi connectivity index (χ4v) is 2.66. The topological polar surface area (TPSA) is 32.3 Å². The van der Waals surface area contributed by atoms with E-state index in [4.69, 9.17) is 0 Å². The van der Waals surface area contributed by atoms with E-state index in [-0.39, 0.29) is 5.91 Å². The van der Waals surface area contributed by atoms with E-state index in [1.807, 2.05) is 17.0 Å². The van der Waals surface area contributed by atoms with Crippen molar-refractivity contribution in [2.24, 2.45) is 5.92 Å². The van der Waals surface area contributed by atoms with Crippen molar-refractivity contribution in [2.75, 3.05) is 16.8 Å². The van der Waals surface area contributed by atoms with Gasteiger partial charge < -0.3 is 10.2 Å². The Morgan fingerprint density at radius 2 is 2.22 bits per heavy atom. The maximum atomic E-state index is 11.7. The van der Waals surface area contributed by atoms with Gasteiger partial charge in [0.1, 0.15) is 0 Å². The van der Waals surface area contributed by atoms with Gasteiger partial charge in [-0.2, -0.15) is 0 Å². The Bertz CT molecular complexity index is 454. The van der Waals surface area contributed by atoms with Crippen LogP contribution in [0.5, 0.6) is 0 Å². The van der Waals surface area contributed by atoms with Crippen LogP contribution in [0.15, 0.2) is 24.3 Å². The number of hydrogen-bond acceptors (Lipinski definition) is 2. The quantitative estimate of drug-likeness (QED) is 0.883. The minimum atomic E-state index is 0.252. The molecular weight excluding hydrogens is 224 g/mol. The molecule has 1 unspecified atom stereocenters. The van der Waals surface area contributed by atoms with E-state index in [1.54, 1.807) is 0 Å². The van der Waals surface area contributed by atoms with Crippen molar-refractivity contribution in [1.82, 2.24) is 0 Å². The van der Waals surface area contributed by atoms with Gasteiger partial charge in [-0.3, -0.25) is 4.79 Å². The van der Waals surface area contributed by atoms with Crippen LogP contribution >= 0.6 is 0 Å². The van der Waals surface area contributed by atoms with Crippen molar-refractivity contribution in [3.05, 3.63) is 24.3 Å². The molecule has 0 radical (unpaired) electrons. The molecule has 1 amide bonds. The Kier molecular flexibility index (Phi) is 2.98. The lowest BCUT2D eigenvalue weighted by molar-refractivity contribution is -0.117. The Labute approximate surface area is 108 Å². The third-order valence-electron chi connectivity index (χ3n) is 3.95. The maximum Gasteiger partial charge on any atom is 0.227 e. The van der Waals surface area contributed by atoms with Crippen LogP contribution in [0.25, 0.3) is 0 Å². The third-order valence-corrected chi connectivity index (χ3v) is 3.95. The highest BCUT2D eigenvalue weighted by molar-refractivity contribution is 5.95. The van der Waals surface area contributed by atoms with Gasteiger partial charge in [0, 0.05) is 30.4 Å². The number of anilines is 2. The first-order valence-electron chi connectivity index (χ1n) is 6.91. The summed E-state index contributed by atoms with van der Waals surface area (Å²) in [5, 5.41) is 3.54. The molecule has 1 aromatic rings. The molecule has 1 atom stereocenters. The molecule has 18 heavy (non-hydrogen) atoms. The van der Waals surface area contributed by atoms with Crippen LogP contribution in [-0.2, 0) is 4.79 Å². The van der Waals surface area contributed by atoms with Gasteiger partial charge in [0.15, 0.2) is 0 Å². The van der Waals surface area contributed by atoms with Crippen molar-refractivity contribution in [1.29, 1.82) is 0 Å². The second-order valence-electron chi connectivity index (χ2n) is 5.47. The fourth-order valence-electron chi connectivity index (χ4n) is 2.66. The standard InChI is InChI=1S/C15H20N2O/c1-11(12-7-8-12)16-13-4-2-5-14(10-13)17-9-3-6-15(17)18/h2,4-5,10-12,16H,3,6-9H2,1H3. The first kappa shape index (κ1) is 11.6. The van der Waals surface area contributed by atoms with Crippen LogP contribution in [0.3, 0.4) is 0 Å². The van der Waals surface area contributed by atoms with Crippen LogP contribution in [0.4, 0.5) is 11.4 Å². The smallest absolute Gasteiger partial charge is 0.227 e. The largest absolute Gasteiger partial charge is 0.382 e. The summed E-state index contributed by atoms with van der Waals surface area (Å²) in [4.78, 5) is 13.6. The van der Waals surface area contributed by atoms with Gasteiger partial charge in [0.2, 0.25) is 5.91 Å². The van der Waals surface area contributed by atoms with E-state index < -0.39 is 0 Å². The number of nitrogens with one attached hydrogen (secondary N) is 1. The Morgan fingerprint density at radius 1 is 1.39 bits per heavy atom. The van der Waals surface area contributed by atoms with Gasteiger partial charge in [-0.05, 0) is 50.3 Å². The molecule has 1 saturated carbocycles. The number of hydrogen-bond donors (Lipinski definition) is 1. The molecular formula is C15H20N2O. The molecule has 3 rings (SSSR count). The molecule has 0 bridgehead atoms. The highest BCUT2D eigenvalue weighted by atomic mass is 16.2. The maximum absolute atomic E-state index is 11.7. The van der Waals surface area contributed by atoms with Crippen molar-refractivity contribution in [3.8, 4) is 0 Å². The van der Waals surface area contributed by atoms with Crippen LogP contribution in [0.1, 0.15) is 32.6 Å². The van der Waals surface area contributed by atoms with Crippen LogP contribution in [0.2, 0.25) is 0 Å². The molecule has 1 saturated heterocycles. The monoisotopic (exact) mass is 244 g/mol. The molecule has 1 heterocycles. The SMILES string of the molecule is CC(Nc1cccc(N2CCCC2=O)c1)C1CC1. The predicted octanol–water partition coefficient (Wildman–Crippen LogP) is 3.02. The average molecular weight is 244 g/mol.